The van der Waals surface area contributed by atoms with Gasteiger partial charge >= 0.3 is 0 Å². The highest BCUT2D eigenvalue weighted by molar-refractivity contribution is 5.16. The lowest BCUT2D eigenvalue weighted by molar-refractivity contribution is 0.155. The molecule has 0 amide bonds. The zero-order valence-corrected chi connectivity index (χ0v) is 15.3. The highest BCUT2D eigenvalue weighted by Crippen LogP contribution is 2.33. The summed E-state index contributed by atoms with van der Waals surface area (Å²) >= 11 is 0. The Balaban J connectivity index is 1.50. The molecular weight excluding hydrogens is 333 g/mol. The quantitative estimate of drug-likeness (QED) is 0.904. The van der Waals surface area contributed by atoms with Crippen LogP contribution in [0, 0.1) is 5.82 Å². The van der Waals surface area contributed by atoms with Crippen molar-refractivity contribution in [1.29, 1.82) is 0 Å². The van der Waals surface area contributed by atoms with E-state index in [2.05, 4.69) is 38.4 Å². The highest BCUT2D eigenvalue weighted by atomic mass is 19.1. The van der Waals surface area contributed by atoms with Crippen molar-refractivity contribution in [3.05, 3.63) is 47.3 Å². The van der Waals surface area contributed by atoms with Crippen molar-refractivity contribution in [2.75, 3.05) is 13.1 Å². The average molecular weight is 359 g/mol. The Morgan fingerprint density at radius 1 is 1.27 bits per heavy atom. The van der Waals surface area contributed by atoms with E-state index in [0.717, 1.165) is 30.3 Å². The molecule has 2 aliphatic heterocycles. The van der Waals surface area contributed by atoms with Crippen LogP contribution in [0.25, 0.3) is 0 Å². The van der Waals surface area contributed by atoms with Crippen molar-refractivity contribution in [1.82, 2.24) is 24.6 Å². The summed E-state index contributed by atoms with van der Waals surface area (Å²) in [6.45, 7) is 8.12. The number of nitrogens with zero attached hydrogens (tertiary/aromatic N) is 5. The summed E-state index contributed by atoms with van der Waals surface area (Å²) in [4.78, 5) is 4.58. The molecule has 1 saturated heterocycles. The minimum Gasteiger partial charge on any atom is -0.392 e. The molecule has 1 aromatic carbocycles. The summed E-state index contributed by atoms with van der Waals surface area (Å²) < 4.78 is 15.6. The summed E-state index contributed by atoms with van der Waals surface area (Å²) in [5.74, 6) is 1.72. The Morgan fingerprint density at radius 2 is 2.12 bits per heavy atom. The number of aliphatic hydroxyl groups is 1. The van der Waals surface area contributed by atoms with Crippen molar-refractivity contribution in [3.8, 4) is 0 Å². The van der Waals surface area contributed by atoms with Crippen LogP contribution in [0.15, 0.2) is 24.3 Å². The first-order valence-corrected chi connectivity index (χ1v) is 9.34. The van der Waals surface area contributed by atoms with Crippen LogP contribution in [0.1, 0.15) is 43.5 Å². The van der Waals surface area contributed by atoms with E-state index >= 15 is 0 Å². The maximum Gasteiger partial charge on any atom is 0.150 e. The average Bonchev–Trinajstić information content (AvgIpc) is 3.17. The second-order valence-electron chi connectivity index (χ2n) is 7.66. The van der Waals surface area contributed by atoms with Crippen LogP contribution in [0.5, 0.6) is 0 Å². The van der Waals surface area contributed by atoms with E-state index in [1.807, 2.05) is 6.07 Å². The van der Waals surface area contributed by atoms with Crippen molar-refractivity contribution in [2.24, 2.45) is 0 Å². The van der Waals surface area contributed by atoms with E-state index in [-0.39, 0.29) is 18.0 Å². The molecule has 7 heteroatoms. The molecular formula is C19H26FN5O. The van der Waals surface area contributed by atoms with Crippen molar-refractivity contribution in [2.45, 2.75) is 58.1 Å². The molecule has 0 aliphatic carbocycles. The first-order valence-electron chi connectivity index (χ1n) is 9.34. The van der Waals surface area contributed by atoms with Gasteiger partial charge in [0.25, 0.3) is 0 Å². The Labute approximate surface area is 153 Å². The summed E-state index contributed by atoms with van der Waals surface area (Å²) in [5.41, 5.74) is 0.975. The van der Waals surface area contributed by atoms with E-state index in [0.29, 0.717) is 32.1 Å². The molecule has 140 valence electrons. The van der Waals surface area contributed by atoms with Crippen LogP contribution >= 0.6 is 0 Å². The Morgan fingerprint density at radius 3 is 2.88 bits per heavy atom. The lowest BCUT2D eigenvalue weighted by atomic mass is 10.1. The smallest absolute Gasteiger partial charge is 0.150 e. The number of benzene rings is 1. The normalized spacial score (nSPS) is 24.3. The van der Waals surface area contributed by atoms with Crippen molar-refractivity contribution in [3.63, 3.8) is 0 Å². The van der Waals surface area contributed by atoms with Crippen molar-refractivity contribution >= 4 is 0 Å². The molecule has 4 rings (SSSR count). The number of likely N-dealkylation sites (tertiary alicyclic amines) is 1. The number of aromatic nitrogens is 3. The van der Waals surface area contributed by atoms with Gasteiger partial charge in [0.05, 0.1) is 18.7 Å². The van der Waals surface area contributed by atoms with Crippen molar-refractivity contribution < 1.29 is 9.50 Å². The van der Waals surface area contributed by atoms with Gasteiger partial charge in [-0.2, -0.15) is 0 Å². The zero-order chi connectivity index (χ0) is 18.3. The molecule has 1 fully saturated rings. The molecule has 1 N–H and O–H groups in total. The molecule has 26 heavy (non-hydrogen) atoms. The second kappa shape index (κ2) is 7.06. The number of hydrogen-bond acceptors (Lipinski definition) is 5. The number of β-amino-alcohol motifs (C(OH)–C–C–N with tert-alkyl or cyclic N) is 1. The van der Waals surface area contributed by atoms with Crippen LogP contribution in [0.4, 0.5) is 4.39 Å². The number of rotatable bonds is 4. The SMILES string of the molecule is CC(C)N1C[C@@H](O)C[C@H]1c1nnc2n1CCN(Cc1cccc(F)c1)C2. The molecule has 2 aliphatic rings. The molecule has 1 aromatic heterocycles. The largest absolute Gasteiger partial charge is 0.392 e. The molecule has 3 heterocycles. The maximum absolute atomic E-state index is 13.4. The zero-order valence-electron chi connectivity index (χ0n) is 15.3. The minimum absolute atomic E-state index is 0.126. The van der Waals surface area contributed by atoms with Crippen LogP contribution in [0.3, 0.4) is 0 Å². The lowest BCUT2D eigenvalue weighted by Gasteiger charge is -2.31. The molecule has 0 spiro atoms. The molecule has 6 nitrogen and oxygen atoms in total. The number of aliphatic hydroxyl groups excluding tert-OH is 1. The fraction of sp³-hybridized carbons (Fsp3) is 0.579. The van der Waals surface area contributed by atoms with Gasteiger partial charge in [0, 0.05) is 32.2 Å². The Kier molecular flexibility index (Phi) is 4.77. The van der Waals surface area contributed by atoms with Gasteiger partial charge in [0.15, 0.2) is 5.82 Å². The number of halogens is 1. The van der Waals surface area contributed by atoms with Gasteiger partial charge in [-0.15, -0.1) is 10.2 Å². The molecule has 2 aromatic rings. The van der Waals surface area contributed by atoms with Gasteiger partial charge in [-0.1, -0.05) is 12.1 Å². The van der Waals surface area contributed by atoms with Crippen LogP contribution in [0.2, 0.25) is 0 Å². The molecule has 0 unspecified atom stereocenters. The summed E-state index contributed by atoms with van der Waals surface area (Å²) in [5, 5.41) is 19.0. The Hall–Kier alpha value is -1.83. The van der Waals surface area contributed by atoms with Gasteiger partial charge in [-0.3, -0.25) is 9.80 Å². The van der Waals surface area contributed by atoms with E-state index < -0.39 is 0 Å². The van der Waals surface area contributed by atoms with E-state index in [1.54, 1.807) is 12.1 Å². The molecule has 0 radical (unpaired) electrons. The van der Waals surface area contributed by atoms with Crippen LogP contribution < -0.4 is 0 Å². The predicted molar refractivity (Wildman–Crippen MR) is 95.7 cm³/mol. The fourth-order valence-corrected chi connectivity index (χ4v) is 4.17. The third-order valence-electron chi connectivity index (χ3n) is 5.43. The minimum atomic E-state index is -0.302. The summed E-state index contributed by atoms with van der Waals surface area (Å²) in [6.07, 6.45) is 0.409. The fourth-order valence-electron chi connectivity index (χ4n) is 4.17. The molecule has 0 bridgehead atoms. The number of hydrogen-bond donors (Lipinski definition) is 1. The predicted octanol–water partition coefficient (Wildman–Crippen LogP) is 1.95. The van der Waals surface area contributed by atoms with Gasteiger partial charge in [0.2, 0.25) is 0 Å². The standard InChI is InChI=1S/C19H26FN5O/c1-13(2)25-11-16(26)9-17(25)19-22-21-18-12-23(6-7-24(18)19)10-14-4-3-5-15(20)8-14/h3-5,8,13,16-17,26H,6-7,9-12H2,1-2H3/t16-,17-/m0/s1. The van der Waals surface area contributed by atoms with Gasteiger partial charge in [-0.05, 0) is 38.0 Å². The van der Waals surface area contributed by atoms with Gasteiger partial charge < -0.3 is 9.67 Å². The molecule has 0 saturated carbocycles. The third kappa shape index (κ3) is 3.39. The van der Waals surface area contributed by atoms with Gasteiger partial charge in [0.1, 0.15) is 11.6 Å². The number of fused-ring (bicyclic) bond motifs is 1. The van der Waals surface area contributed by atoms with E-state index in [4.69, 9.17) is 0 Å². The van der Waals surface area contributed by atoms with Gasteiger partial charge in [-0.25, -0.2) is 4.39 Å². The lowest BCUT2D eigenvalue weighted by Crippen LogP contribution is -2.36. The second-order valence-corrected chi connectivity index (χ2v) is 7.66. The van der Waals surface area contributed by atoms with E-state index in [1.165, 1.54) is 6.07 Å². The molecule has 2 atom stereocenters. The maximum atomic E-state index is 13.4. The third-order valence-corrected chi connectivity index (χ3v) is 5.43. The first kappa shape index (κ1) is 17.6. The summed E-state index contributed by atoms with van der Waals surface area (Å²) in [6, 6.07) is 7.25. The highest BCUT2D eigenvalue weighted by Gasteiger charge is 2.37. The topological polar surface area (TPSA) is 57.4 Å². The van der Waals surface area contributed by atoms with E-state index in [9.17, 15) is 9.50 Å². The van der Waals surface area contributed by atoms with Crippen LogP contribution in [-0.4, -0.2) is 54.9 Å². The monoisotopic (exact) mass is 359 g/mol. The van der Waals surface area contributed by atoms with Crippen LogP contribution in [-0.2, 0) is 19.6 Å². The Bertz CT molecular complexity index is 777. The first-order chi connectivity index (χ1) is 12.5. The summed E-state index contributed by atoms with van der Waals surface area (Å²) in [7, 11) is 0.